The Morgan fingerprint density at radius 1 is 0.678 bits per heavy atom. The van der Waals surface area contributed by atoms with Gasteiger partial charge in [0.1, 0.15) is 23.0 Å². The molecule has 0 bridgehead atoms. The first-order valence-corrected chi connectivity index (χ1v) is 20.9. The predicted molar refractivity (Wildman–Crippen MR) is 210 cm³/mol. The lowest BCUT2D eigenvalue weighted by Gasteiger charge is -2.26. The second-order valence-electron chi connectivity index (χ2n) is 13.1. The molecule has 0 aliphatic carbocycles. The van der Waals surface area contributed by atoms with Gasteiger partial charge in [0.05, 0.1) is 65.4 Å². The van der Waals surface area contributed by atoms with E-state index in [4.69, 9.17) is 30.5 Å². The van der Waals surface area contributed by atoms with Gasteiger partial charge in [0, 0.05) is 12.4 Å². The minimum atomic E-state index is -1.04. The molecule has 312 valence electrons. The van der Waals surface area contributed by atoms with Gasteiger partial charge in [0.15, 0.2) is 10.3 Å². The Labute approximate surface area is 351 Å². The molecule has 4 aliphatic rings. The predicted octanol–water partition coefficient (Wildman–Crippen LogP) is 3.56. The summed E-state index contributed by atoms with van der Waals surface area (Å²) >= 11 is 7.88. The topological polar surface area (TPSA) is 179 Å². The Kier molecular flexibility index (Phi) is 14.9. The highest BCUT2D eigenvalue weighted by atomic mass is 35.5. The molecule has 3 amide bonds. The van der Waals surface area contributed by atoms with Crippen LogP contribution in [0.5, 0.6) is 0 Å². The van der Waals surface area contributed by atoms with Crippen LogP contribution in [-0.4, -0.2) is 135 Å². The van der Waals surface area contributed by atoms with Crippen LogP contribution in [0.2, 0.25) is 0 Å². The molecule has 2 aromatic carbocycles. The highest BCUT2D eigenvalue weighted by molar-refractivity contribution is 7.98. The normalized spacial score (nSPS) is 17.4. The van der Waals surface area contributed by atoms with Gasteiger partial charge in [0.2, 0.25) is 23.4 Å². The number of carbonyl (C=O) groups excluding carboxylic acids is 4. The van der Waals surface area contributed by atoms with Crippen molar-refractivity contribution >= 4 is 58.1 Å². The number of carbonyl (C=O) groups is 4. The molecule has 0 unspecified atom stereocenters. The maximum Gasteiger partial charge on any atom is 0.291 e. The molecule has 0 atom stereocenters. The third-order valence-electron chi connectivity index (χ3n) is 9.05. The summed E-state index contributed by atoms with van der Waals surface area (Å²) < 4.78 is 48.4. The van der Waals surface area contributed by atoms with Gasteiger partial charge < -0.3 is 18.9 Å². The fourth-order valence-corrected chi connectivity index (χ4v) is 6.99. The van der Waals surface area contributed by atoms with Crippen molar-refractivity contribution in [3.8, 4) is 0 Å². The lowest BCUT2D eigenvalue weighted by atomic mass is 10.1. The first-order chi connectivity index (χ1) is 28.4. The summed E-state index contributed by atoms with van der Waals surface area (Å²) in [4.78, 5) is 64.9. The van der Waals surface area contributed by atoms with Crippen molar-refractivity contribution in [2.75, 3.05) is 65.1 Å². The molecule has 21 heteroatoms. The monoisotopic (exact) mass is 872 g/mol. The van der Waals surface area contributed by atoms with Crippen LogP contribution in [0.1, 0.15) is 32.1 Å². The standard InChI is InChI=1S/C19H19FN4O4S.C13H15FN2O3.C6H5ClN2OS/c1-29-18-21-7-6-15(22-18)17(26)24-12-19(27-8-9-28-19)11-23(24)16(25)10-13-2-4-14(20)5-3-13;14-11-3-1-10(2-4-11)7-12(17)16-9-13(8-15-16)18-5-6-19-13;1-11-6-8-3-2-4(9-6)5(7)10/h2-7H,8-12H2,1H3;1-4,15H,5-9H2;2-3H,1H3. The second-order valence-corrected chi connectivity index (χ2v) is 15.0. The van der Waals surface area contributed by atoms with Gasteiger partial charge in [-0.3, -0.25) is 24.2 Å². The SMILES string of the molecule is CSc1nccc(C(=O)Cl)n1.CSc1nccc(C(=O)N2CC3(CN2C(=O)Cc2ccc(F)cc2)OCCO3)n1.O=C(Cc1ccc(F)cc1)N1CC2(CN1)OCCO2. The van der Waals surface area contributed by atoms with Crippen molar-refractivity contribution in [1.82, 2.24) is 40.4 Å². The van der Waals surface area contributed by atoms with Crippen molar-refractivity contribution < 1.29 is 46.9 Å². The number of rotatable bonds is 8. The van der Waals surface area contributed by atoms with Gasteiger partial charge in [0.25, 0.3) is 11.1 Å². The molecule has 2 spiro atoms. The molecule has 6 heterocycles. The lowest BCUT2D eigenvalue weighted by molar-refractivity contribution is -0.147. The number of nitrogens with zero attached hydrogens (tertiary/aromatic N) is 7. The zero-order valence-electron chi connectivity index (χ0n) is 31.8. The molecule has 4 saturated heterocycles. The number of halogens is 3. The van der Waals surface area contributed by atoms with Crippen molar-refractivity contribution in [2.45, 2.75) is 34.7 Å². The summed E-state index contributed by atoms with van der Waals surface area (Å²) in [6.07, 6.45) is 6.90. The van der Waals surface area contributed by atoms with Crippen LogP contribution in [0.25, 0.3) is 0 Å². The number of amides is 3. The van der Waals surface area contributed by atoms with Gasteiger partial charge in [-0.05, 0) is 71.6 Å². The fourth-order valence-electron chi connectivity index (χ4n) is 6.18. The molecule has 0 saturated carbocycles. The van der Waals surface area contributed by atoms with Crippen LogP contribution in [0.3, 0.4) is 0 Å². The molecule has 4 fully saturated rings. The van der Waals surface area contributed by atoms with Gasteiger partial charge in [-0.25, -0.2) is 44.2 Å². The largest absolute Gasteiger partial charge is 0.345 e. The molecule has 8 rings (SSSR count). The molecule has 4 aliphatic heterocycles. The van der Waals surface area contributed by atoms with Crippen LogP contribution >= 0.6 is 35.1 Å². The average Bonchev–Trinajstić information content (AvgIpc) is 4.09. The molecule has 16 nitrogen and oxygen atoms in total. The summed E-state index contributed by atoms with van der Waals surface area (Å²) in [6.45, 7) is 2.94. The van der Waals surface area contributed by atoms with Crippen LogP contribution < -0.4 is 5.43 Å². The third kappa shape index (κ3) is 11.5. The quantitative estimate of drug-likeness (QED) is 0.154. The number of aromatic nitrogens is 4. The number of benzene rings is 2. The molecular formula is C38H39ClF2N8O8S2. The molecule has 1 N–H and O–H groups in total. The summed E-state index contributed by atoms with van der Waals surface area (Å²) in [5.41, 5.74) is 4.83. The van der Waals surface area contributed by atoms with Gasteiger partial charge in [-0.15, -0.1) is 0 Å². The Bertz CT molecular complexity index is 2120. The first-order valence-electron chi connectivity index (χ1n) is 18.0. The number of hydrogen-bond donors (Lipinski definition) is 1. The Morgan fingerprint density at radius 3 is 1.68 bits per heavy atom. The maximum atomic E-state index is 13.1. The van der Waals surface area contributed by atoms with Gasteiger partial charge in [-0.1, -0.05) is 47.8 Å². The van der Waals surface area contributed by atoms with Crippen molar-refractivity contribution in [1.29, 1.82) is 0 Å². The molecule has 2 aromatic heterocycles. The van der Waals surface area contributed by atoms with E-state index in [9.17, 15) is 28.0 Å². The van der Waals surface area contributed by atoms with Crippen LogP contribution in [0.15, 0.2) is 83.4 Å². The van der Waals surface area contributed by atoms with E-state index in [1.54, 1.807) is 24.3 Å². The second kappa shape index (κ2) is 20.1. The summed E-state index contributed by atoms with van der Waals surface area (Å²) in [6, 6.07) is 14.6. The fraction of sp³-hybridized carbons (Fsp3) is 0.368. The third-order valence-corrected chi connectivity index (χ3v) is 10.4. The van der Waals surface area contributed by atoms with E-state index in [1.807, 2.05) is 12.5 Å². The number of hydrazine groups is 2. The van der Waals surface area contributed by atoms with Crippen molar-refractivity contribution in [3.63, 3.8) is 0 Å². The number of thioether (sulfide) groups is 2. The lowest BCUT2D eigenvalue weighted by Crippen LogP contribution is -2.45. The Morgan fingerprint density at radius 2 is 1.15 bits per heavy atom. The minimum absolute atomic E-state index is 0.0139. The van der Waals surface area contributed by atoms with E-state index in [2.05, 4.69) is 25.4 Å². The molecular weight excluding hydrogens is 834 g/mol. The van der Waals surface area contributed by atoms with E-state index in [-0.39, 0.29) is 60.8 Å². The molecule has 0 radical (unpaired) electrons. The Balaban J connectivity index is 0.000000166. The van der Waals surface area contributed by atoms with E-state index in [0.717, 1.165) is 5.56 Å². The van der Waals surface area contributed by atoms with Crippen molar-refractivity contribution in [2.24, 2.45) is 0 Å². The summed E-state index contributed by atoms with van der Waals surface area (Å²) in [5, 5.41) is 4.61. The zero-order valence-corrected chi connectivity index (χ0v) is 34.2. The van der Waals surface area contributed by atoms with Crippen LogP contribution in [0.4, 0.5) is 8.78 Å². The smallest absolute Gasteiger partial charge is 0.291 e. The molecule has 4 aromatic rings. The van der Waals surface area contributed by atoms with E-state index in [0.29, 0.717) is 55.4 Å². The van der Waals surface area contributed by atoms with Gasteiger partial charge >= 0.3 is 0 Å². The summed E-state index contributed by atoms with van der Waals surface area (Å²) in [7, 11) is 0. The van der Waals surface area contributed by atoms with Crippen LogP contribution in [-0.2, 0) is 41.4 Å². The molecule has 59 heavy (non-hydrogen) atoms. The van der Waals surface area contributed by atoms with E-state index in [1.165, 1.54) is 87.3 Å². The highest BCUT2D eigenvalue weighted by Gasteiger charge is 2.51. The van der Waals surface area contributed by atoms with Crippen LogP contribution in [0, 0.1) is 11.6 Å². The minimum Gasteiger partial charge on any atom is -0.345 e. The zero-order chi connectivity index (χ0) is 42.0. The van der Waals surface area contributed by atoms with E-state index >= 15 is 0 Å². The van der Waals surface area contributed by atoms with Gasteiger partial charge in [-0.2, -0.15) is 0 Å². The maximum absolute atomic E-state index is 13.1. The number of ether oxygens (including phenoxy) is 4. The average molecular weight is 873 g/mol. The van der Waals surface area contributed by atoms with E-state index < -0.39 is 22.7 Å². The number of nitrogens with one attached hydrogen (secondary N) is 1. The first kappa shape index (κ1) is 43.9. The highest BCUT2D eigenvalue weighted by Crippen LogP contribution is 2.31. The Hall–Kier alpha value is -4.67. The summed E-state index contributed by atoms with van der Waals surface area (Å²) in [5.74, 6) is -3.24. The van der Waals surface area contributed by atoms with Crippen molar-refractivity contribution in [3.05, 3.63) is 107 Å². The number of hydrogen-bond acceptors (Lipinski definition) is 15.